The summed E-state index contributed by atoms with van der Waals surface area (Å²) < 4.78 is 10.1. The van der Waals surface area contributed by atoms with Crippen LogP contribution in [0.25, 0.3) is 0 Å². The minimum Gasteiger partial charge on any atom is -0.467 e. The van der Waals surface area contributed by atoms with Crippen LogP contribution in [0.1, 0.15) is 0 Å². The van der Waals surface area contributed by atoms with Crippen LogP contribution >= 0.6 is 0 Å². The van der Waals surface area contributed by atoms with E-state index in [9.17, 15) is 0 Å². The molecule has 1 saturated heterocycles. The van der Waals surface area contributed by atoms with Crippen molar-refractivity contribution in [2.24, 2.45) is 0 Å². The maximum absolute atomic E-state index is 8.67. The minimum absolute atomic E-state index is 0.237. The van der Waals surface area contributed by atoms with Crippen LogP contribution in [-0.4, -0.2) is 66.8 Å². The van der Waals surface area contributed by atoms with Crippen molar-refractivity contribution in [2.45, 2.75) is 0 Å². The third-order valence-corrected chi connectivity index (χ3v) is 2.90. The summed E-state index contributed by atoms with van der Waals surface area (Å²) in [4.78, 5) is 16.5. The van der Waals surface area contributed by atoms with Gasteiger partial charge in [0.25, 0.3) is 0 Å². The van der Waals surface area contributed by atoms with E-state index in [1.165, 1.54) is 14.2 Å². The fraction of sp³-hybridized carbons (Fsp3) is 0.636. The molecule has 0 atom stereocenters. The van der Waals surface area contributed by atoms with Crippen LogP contribution < -0.4 is 14.4 Å². The third-order valence-electron chi connectivity index (χ3n) is 2.90. The Morgan fingerprint density at radius 1 is 1.05 bits per heavy atom. The quantitative estimate of drug-likeness (QED) is 0.675. The van der Waals surface area contributed by atoms with E-state index in [0.717, 1.165) is 26.2 Å². The fourth-order valence-corrected chi connectivity index (χ4v) is 1.86. The second kappa shape index (κ2) is 6.15. The number of ether oxygens (including phenoxy) is 2. The average molecular weight is 264 g/mol. The lowest BCUT2D eigenvalue weighted by atomic mass is 10.3. The highest BCUT2D eigenvalue weighted by atomic mass is 16.5. The Morgan fingerprint density at radius 2 is 1.63 bits per heavy atom. The number of nitriles is 1. The van der Waals surface area contributed by atoms with E-state index < -0.39 is 0 Å². The number of anilines is 1. The zero-order valence-electron chi connectivity index (χ0n) is 11.0. The second-order valence-corrected chi connectivity index (χ2v) is 4.03. The van der Waals surface area contributed by atoms with E-state index in [1.54, 1.807) is 0 Å². The lowest BCUT2D eigenvalue weighted by Crippen LogP contribution is -2.47. The molecule has 0 unspecified atom stereocenters. The molecular weight excluding hydrogens is 248 g/mol. The van der Waals surface area contributed by atoms with Gasteiger partial charge in [-0.3, -0.25) is 4.90 Å². The Bertz CT molecular complexity index is 444. The maximum Gasteiger partial charge on any atom is 0.324 e. The number of hydrogen-bond acceptors (Lipinski definition) is 8. The molecule has 0 bridgehead atoms. The lowest BCUT2D eigenvalue weighted by Gasteiger charge is -2.33. The van der Waals surface area contributed by atoms with Crippen molar-refractivity contribution >= 4 is 5.95 Å². The normalized spacial score (nSPS) is 15.9. The first-order chi connectivity index (χ1) is 9.26. The van der Waals surface area contributed by atoms with E-state index in [1.807, 2.05) is 4.90 Å². The summed E-state index contributed by atoms with van der Waals surface area (Å²) in [6.45, 7) is 3.60. The number of nitrogens with zero attached hydrogens (tertiary/aromatic N) is 6. The van der Waals surface area contributed by atoms with Gasteiger partial charge in [-0.2, -0.15) is 15.2 Å². The molecule has 0 aromatic carbocycles. The molecule has 1 aromatic heterocycles. The van der Waals surface area contributed by atoms with Crippen molar-refractivity contribution in [3.8, 4) is 18.1 Å². The first-order valence-corrected chi connectivity index (χ1v) is 5.95. The predicted octanol–water partition coefficient (Wildman–Crippen LogP) is -0.466. The van der Waals surface area contributed by atoms with Crippen LogP contribution in [0.2, 0.25) is 0 Å². The molecule has 2 rings (SSSR count). The number of piperazine rings is 1. The van der Waals surface area contributed by atoms with Gasteiger partial charge in [0.2, 0.25) is 5.95 Å². The van der Waals surface area contributed by atoms with Crippen molar-refractivity contribution in [3.05, 3.63) is 0 Å². The molecule has 0 aliphatic carbocycles. The molecule has 102 valence electrons. The Morgan fingerprint density at radius 3 is 2.11 bits per heavy atom. The predicted molar refractivity (Wildman–Crippen MR) is 67.2 cm³/mol. The highest BCUT2D eigenvalue weighted by molar-refractivity contribution is 5.33. The third kappa shape index (κ3) is 3.20. The highest BCUT2D eigenvalue weighted by Crippen LogP contribution is 2.17. The van der Waals surface area contributed by atoms with E-state index in [2.05, 4.69) is 25.9 Å². The van der Waals surface area contributed by atoms with Gasteiger partial charge in [-0.25, -0.2) is 0 Å². The zero-order chi connectivity index (χ0) is 13.7. The van der Waals surface area contributed by atoms with E-state index in [4.69, 9.17) is 14.7 Å². The van der Waals surface area contributed by atoms with E-state index >= 15 is 0 Å². The van der Waals surface area contributed by atoms with Crippen molar-refractivity contribution < 1.29 is 9.47 Å². The molecule has 8 nitrogen and oxygen atoms in total. The summed E-state index contributed by atoms with van der Waals surface area (Å²) in [6.07, 6.45) is 0. The van der Waals surface area contributed by atoms with Gasteiger partial charge in [-0.05, 0) is 0 Å². The highest BCUT2D eigenvalue weighted by Gasteiger charge is 2.20. The van der Waals surface area contributed by atoms with Gasteiger partial charge in [0.05, 0.1) is 26.8 Å². The summed E-state index contributed by atoms with van der Waals surface area (Å²) >= 11 is 0. The Kier molecular flexibility index (Phi) is 4.30. The van der Waals surface area contributed by atoms with Gasteiger partial charge < -0.3 is 14.4 Å². The molecule has 19 heavy (non-hydrogen) atoms. The van der Waals surface area contributed by atoms with E-state index in [0.29, 0.717) is 12.5 Å². The topological polar surface area (TPSA) is 87.4 Å². The number of hydrogen-bond donors (Lipinski definition) is 0. The second-order valence-electron chi connectivity index (χ2n) is 4.03. The summed E-state index contributed by atoms with van der Waals surface area (Å²) in [6, 6.07) is 2.63. The number of rotatable bonds is 4. The molecule has 0 N–H and O–H groups in total. The standard InChI is InChI=1S/C11H16N6O2/c1-18-10-13-9(14-11(15-10)19-2)17-7-5-16(4-3-12)6-8-17/h4-8H2,1-2H3. The minimum atomic E-state index is 0.237. The van der Waals surface area contributed by atoms with Crippen LogP contribution in [0.3, 0.4) is 0 Å². The summed E-state index contributed by atoms with van der Waals surface area (Å²) in [7, 11) is 3.01. The van der Waals surface area contributed by atoms with Gasteiger partial charge in [0.1, 0.15) is 0 Å². The lowest BCUT2D eigenvalue weighted by molar-refractivity contribution is 0.283. The molecule has 1 aliphatic rings. The van der Waals surface area contributed by atoms with Crippen LogP contribution in [0.4, 0.5) is 5.95 Å². The molecule has 2 heterocycles. The summed E-state index contributed by atoms with van der Waals surface area (Å²) in [5.41, 5.74) is 0. The van der Waals surface area contributed by atoms with Crippen molar-refractivity contribution in [1.82, 2.24) is 19.9 Å². The average Bonchev–Trinajstić information content (AvgIpc) is 2.47. The zero-order valence-corrected chi connectivity index (χ0v) is 11.0. The fourth-order valence-electron chi connectivity index (χ4n) is 1.86. The Hall–Kier alpha value is -2.14. The maximum atomic E-state index is 8.67. The number of aromatic nitrogens is 3. The molecule has 8 heteroatoms. The Balaban J connectivity index is 2.08. The van der Waals surface area contributed by atoms with Crippen LogP contribution in [0.15, 0.2) is 0 Å². The van der Waals surface area contributed by atoms with Crippen molar-refractivity contribution in [2.75, 3.05) is 51.8 Å². The van der Waals surface area contributed by atoms with Crippen molar-refractivity contribution in [3.63, 3.8) is 0 Å². The van der Waals surface area contributed by atoms with Crippen LogP contribution in [0.5, 0.6) is 12.0 Å². The molecule has 1 aromatic rings. The monoisotopic (exact) mass is 264 g/mol. The SMILES string of the molecule is COc1nc(OC)nc(N2CCN(CC#N)CC2)n1. The van der Waals surface area contributed by atoms with Gasteiger partial charge in [0, 0.05) is 26.2 Å². The first-order valence-electron chi connectivity index (χ1n) is 5.95. The van der Waals surface area contributed by atoms with Gasteiger partial charge in [0.15, 0.2) is 0 Å². The largest absolute Gasteiger partial charge is 0.467 e. The first kappa shape index (κ1) is 13.3. The van der Waals surface area contributed by atoms with Crippen LogP contribution in [-0.2, 0) is 0 Å². The van der Waals surface area contributed by atoms with Crippen molar-refractivity contribution in [1.29, 1.82) is 5.26 Å². The molecule has 0 spiro atoms. The summed E-state index contributed by atoms with van der Waals surface area (Å²) in [5.74, 6) is 0.542. The Labute approximate surface area is 111 Å². The smallest absolute Gasteiger partial charge is 0.324 e. The van der Waals surface area contributed by atoms with Gasteiger partial charge in [-0.1, -0.05) is 0 Å². The summed E-state index contributed by atoms with van der Waals surface area (Å²) in [5, 5.41) is 8.67. The van der Waals surface area contributed by atoms with Crippen LogP contribution in [0, 0.1) is 11.3 Å². The molecule has 0 amide bonds. The van der Waals surface area contributed by atoms with Gasteiger partial charge in [-0.15, -0.1) is 4.98 Å². The molecule has 1 aliphatic heterocycles. The van der Waals surface area contributed by atoms with E-state index in [-0.39, 0.29) is 12.0 Å². The molecule has 1 fully saturated rings. The molecule has 0 radical (unpaired) electrons. The molecular formula is C11H16N6O2. The number of methoxy groups -OCH3 is 2. The molecule has 0 saturated carbocycles. The van der Waals surface area contributed by atoms with Gasteiger partial charge >= 0.3 is 12.0 Å².